The van der Waals surface area contributed by atoms with Crippen molar-refractivity contribution in [3.05, 3.63) is 28.5 Å². The van der Waals surface area contributed by atoms with Gasteiger partial charge >= 0.3 is 0 Å². The van der Waals surface area contributed by atoms with E-state index < -0.39 is 0 Å². The summed E-state index contributed by atoms with van der Waals surface area (Å²) < 4.78 is 3.36. The standard InChI is InChI=1S/C13H16BrClN2S/c1-9(18-2)8-17-12-4-3-10(14)7-11(12)16-13(17)5-6-15/h3-4,7,9H,5-6,8H2,1-2H3. The normalized spacial score (nSPS) is 13.1. The Morgan fingerprint density at radius 3 is 2.94 bits per heavy atom. The van der Waals surface area contributed by atoms with E-state index in [-0.39, 0.29) is 0 Å². The molecule has 1 unspecified atom stereocenters. The molecule has 1 heterocycles. The van der Waals surface area contributed by atoms with Crippen molar-refractivity contribution in [1.29, 1.82) is 0 Å². The highest BCUT2D eigenvalue weighted by atomic mass is 79.9. The number of imidazole rings is 1. The second-order valence-electron chi connectivity index (χ2n) is 4.26. The molecule has 2 nitrogen and oxygen atoms in total. The van der Waals surface area contributed by atoms with Crippen LogP contribution in [-0.2, 0) is 13.0 Å². The Balaban J connectivity index is 2.48. The molecule has 1 atom stereocenters. The molecule has 0 aliphatic carbocycles. The highest BCUT2D eigenvalue weighted by Gasteiger charge is 2.12. The number of nitrogens with zero attached hydrogens (tertiary/aromatic N) is 2. The number of aryl methyl sites for hydroxylation is 1. The number of fused-ring (bicyclic) bond motifs is 1. The van der Waals surface area contributed by atoms with Crippen molar-refractivity contribution in [3.8, 4) is 0 Å². The van der Waals surface area contributed by atoms with E-state index in [9.17, 15) is 0 Å². The van der Waals surface area contributed by atoms with Crippen LogP contribution in [0.5, 0.6) is 0 Å². The fourth-order valence-corrected chi connectivity index (χ4v) is 2.78. The van der Waals surface area contributed by atoms with E-state index in [2.05, 4.69) is 56.9 Å². The van der Waals surface area contributed by atoms with Gasteiger partial charge in [-0.25, -0.2) is 4.98 Å². The SMILES string of the molecule is CSC(C)Cn1c(CCCl)nc2cc(Br)ccc21. The van der Waals surface area contributed by atoms with Gasteiger partial charge in [0, 0.05) is 28.6 Å². The molecule has 18 heavy (non-hydrogen) atoms. The summed E-state index contributed by atoms with van der Waals surface area (Å²) in [6, 6.07) is 6.25. The zero-order valence-electron chi connectivity index (χ0n) is 10.5. The first-order valence-corrected chi connectivity index (χ1v) is 8.50. The molecule has 0 bridgehead atoms. The zero-order chi connectivity index (χ0) is 13.1. The van der Waals surface area contributed by atoms with Crippen LogP contribution in [0.4, 0.5) is 0 Å². The first kappa shape index (κ1) is 14.2. The van der Waals surface area contributed by atoms with Crippen molar-refractivity contribution in [1.82, 2.24) is 9.55 Å². The summed E-state index contributed by atoms with van der Waals surface area (Å²) in [5, 5.41) is 0.570. The average Bonchev–Trinajstić information content (AvgIpc) is 2.67. The van der Waals surface area contributed by atoms with E-state index in [0.717, 1.165) is 28.8 Å². The van der Waals surface area contributed by atoms with Crippen LogP contribution in [0.1, 0.15) is 12.7 Å². The molecule has 0 N–H and O–H groups in total. The van der Waals surface area contributed by atoms with Crippen LogP contribution >= 0.6 is 39.3 Å². The van der Waals surface area contributed by atoms with Gasteiger partial charge in [-0.15, -0.1) is 11.6 Å². The van der Waals surface area contributed by atoms with Gasteiger partial charge in [-0.1, -0.05) is 22.9 Å². The van der Waals surface area contributed by atoms with E-state index in [1.807, 2.05) is 11.8 Å². The minimum atomic E-state index is 0.570. The molecule has 1 aromatic carbocycles. The average molecular weight is 348 g/mol. The highest BCUT2D eigenvalue weighted by Crippen LogP contribution is 2.23. The van der Waals surface area contributed by atoms with Gasteiger partial charge in [0.2, 0.25) is 0 Å². The lowest BCUT2D eigenvalue weighted by molar-refractivity contribution is 0.672. The molecule has 0 aliphatic rings. The number of halogens is 2. The third-order valence-corrected chi connectivity index (χ3v) is 4.59. The first-order valence-electron chi connectivity index (χ1n) is 5.89. The summed E-state index contributed by atoms with van der Waals surface area (Å²) >= 11 is 11.2. The van der Waals surface area contributed by atoms with E-state index >= 15 is 0 Å². The van der Waals surface area contributed by atoms with Crippen LogP contribution < -0.4 is 0 Å². The number of hydrogen-bond acceptors (Lipinski definition) is 2. The molecule has 0 fully saturated rings. The van der Waals surface area contributed by atoms with E-state index in [4.69, 9.17) is 11.6 Å². The summed E-state index contributed by atoms with van der Waals surface area (Å²) in [4.78, 5) is 4.69. The van der Waals surface area contributed by atoms with Crippen LogP contribution in [-0.4, -0.2) is 26.9 Å². The van der Waals surface area contributed by atoms with Crippen LogP contribution in [0, 0.1) is 0 Å². The molecular formula is C13H16BrClN2S. The monoisotopic (exact) mass is 346 g/mol. The van der Waals surface area contributed by atoms with Crippen molar-refractivity contribution in [2.45, 2.75) is 25.1 Å². The minimum absolute atomic E-state index is 0.570. The Labute approximate surface area is 125 Å². The molecule has 0 saturated heterocycles. The van der Waals surface area contributed by atoms with Crippen molar-refractivity contribution < 1.29 is 0 Å². The van der Waals surface area contributed by atoms with Crippen LogP contribution in [0.2, 0.25) is 0 Å². The van der Waals surface area contributed by atoms with Gasteiger partial charge in [-0.05, 0) is 24.5 Å². The predicted molar refractivity (Wildman–Crippen MR) is 84.8 cm³/mol. The summed E-state index contributed by atoms with van der Waals surface area (Å²) in [7, 11) is 0. The van der Waals surface area contributed by atoms with Crippen LogP contribution in [0.25, 0.3) is 11.0 Å². The maximum Gasteiger partial charge on any atom is 0.111 e. The number of benzene rings is 1. The number of alkyl halides is 1. The lowest BCUT2D eigenvalue weighted by atomic mass is 10.3. The fourth-order valence-electron chi connectivity index (χ4n) is 1.96. The molecule has 0 spiro atoms. The van der Waals surface area contributed by atoms with Gasteiger partial charge in [-0.3, -0.25) is 0 Å². The van der Waals surface area contributed by atoms with Gasteiger partial charge in [0.1, 0.15) is 5.82 Å². The van der Waals surface area contributed by atoms with Gasteiger partial charge < -0.3 is 4.57 Å². The second-order valence-corrected chi connectivity index (χ2v) is 6.83. The number of hydrogen-bond donors (Lipinski definition) is 0. The molecular weight excluding hydrogens is 332 g/mol. The number of rotatable bonds is 5. The Morgan fingerprint density at radius 1 is 1.50 bits per heavy atom. The number of thioether (sulfide) groups is 1. The topological polar surface area (TPSA) is 17.8 Å². The molecule has 1 aromatic heterocycles. The molecule has 0 aliphatic heterocycles. The Bertz CT molecular complexity index is 541. The fraction of sp³-hybridized carbons (Fsp3) is 0.462. The smallest absolute Gasteiger partial charge is 0.111 e. The quantitative estimate of drug-likeness (QED) is 0.749. The molecule has 2 rings (SSSR count). The molecule has 0 amide bonds. The molecule has 0 radical (unpaired) electrons. The van der Waals surface area contributed by atoms with Crippen LogP contribution in [0.3, 0.4) is 0 Å². The van der Waals surface area contributed by atoms with E-state index in [0.29, 0.717) is 11.1 Å². The molecule has 2 aromatic rings. The van der Waals surface area contributed by atoms with Gasteiger partial charge in [0.25, 0.3) is 0 Å². The molecule has 98 valence electrons. The molecule has 0 saturated carbocycles. The second kappa shape index (κ2) is 6.31. The minimum Gasteiger partial charge on any atom is -0.327 e. The zero-order valence-corrected chi connectivity index (χ0v) is 13.6. The largest absolute Gasteiger partial charge is 0.327 e. The van der Waals surface area contributed by atoms with Crippen LogP contribution in [0.15, 0.2) is 22.7 Å². The Hall–Kier alpha value is -0.190. The lowest BCUT2D eigenvalue weighted by Gasteiger charge is -2.13. The summed E-state index contributed by atoms with van der Waals surface area (Å²) in [6.07, 6.45) is 2.95. The summed E-state index contributed by atoms with van der Waals surface area (Å²) in [5.74, 6) is 1.69. The summed E-state index contributed by atoms with van der Waals surface area (Å²) in [6.45, 7) is 3.21. The highest BCUT2D eigenvalue weighted by molar-refractivity contribution is 9.10. The third kappa shape index (κ3) is 3.03. The first-order chi connectivity index (χ1) is 8.65. The van der Waals surface area contributed by atoms with Gasteiger partial charge in [0.15, 0.2) is 0 Å². The van der Waals surface area contributed by atoms with E-state index in [1.165, 1.54) is 5.52 Å². The Morgan fingerprint density at radius 2 is 2.28 bits per heavy atom. The number of aromatic nitrogens is 2. The predicted octanol–water partition coefficient (Wildman–Crippen LogP) is 4.33. The van der Waals surface area contributed by atoms with Crippen molar-refractivity contribution in [3.63, 3.8) is 0 Å². The Kier molecular flexibility index (Phi) is 4.98. The van der Waals surface area contributed by atoms with Crippen molar-refractivity contribution >= 4 is 50.3 Å². The molecule has 5 heteroatoms. The maximum absolute atomic E-state index is 5.87. The summed E-state index contributed by atoms with van der Waals surface area (Å²) in [5.41, 5.74) is 2.23. The van der Waals surface area contributed by atoms with Crippen molar-refractivity contribution in [2.75, 3.05) is 12.1 Å². The van der Waals surface area contributed by atoms with Crippen molar-refractivity contribution in [2.24, 2.45) is 0 Å². The maximum atomic E-state index is 5.87. The van der Waals surface area contributed by atoms with Gasteiger partial charge in [0.05, 0.1) is 11.0 Å². The lowest BCUT2D eigenvalue weighted by Crippen LogP contribution is -2.12. The third-order valence-electron chi connectivity index (χ3n) is 2.95. The van der Waals surface area contributed by atoms with Gasteiger partial charge in [-0.2, -0.15) is 11.8 Å². The van der Waals surface area contributed by atoms with E-state index in [1.54, 1.807) is 0 Å².